The zero-order chi connectivity index (χ0) is 18.9. The molecule has 2 heterocycles. The van der Waals surface area contributed by atoms with E-state index in [1.807, 2.05) is 11.4 Å². The fraction of sp³-hybridized carbons (Fsp3) is 0.250. The monoisotopic (exact) mass is 394 g/mol. The minimum absolute atomic E-state index is 0.203. The first kappa shape index (κ1) is 18.5. The molecule has 1 aromatic carbocycles. The summed E-state index contributed by atoms with van der Waals surface area (Å²) < 4.78 is 41.6. The predicted molar refractivity (Wildman–Crippen MR) is 95.0 cm³/mol. The smallest absolute Gasteiger partial charge is 0.280 e. The Morgan fingerprint density at radius 3 is 2.88 bits per heavy atom. The van der Waals surface area contributed by atoms with Gasteiger partial charge in [-0.2, -0.15) is 22.7 Å². The number of nitriles is 1. The Kier molecular flexibility index (Phi) is 5.06. The van der Waals surface area contributed by atoms with E-state index < -0.39 is 34.0 Å². The van der Waals surface area contributed by atoms with Gasteiger partial charge in [-0.3, -0.25) is 4.79 Å². The molecule has 2 aromatic rings. The number of carbonyl (C=O) groups excluding carboxylic acids is 1. The molecule has 1 fully saturated rings. The minimum Gasteiger partial charge on any atom is -0.325 e. The summed E-state index contributed by atoms with van der Waals surface area (Å²) in [5, 5.41) is 13.3. The van der Waals surface area contributed by atoms with Crippen LogP contribution in [0.1, 0.15) is 22.9 Å². The van der Waals surface area contributed by atoms with Crippen molar-refractivity contribution in [3.63, 3.8) is 0 Å². The fourth-order valence-corrected chi connectivity index (χ4v) is 4.83. The summed E-state index contributed by atoms with van der Waals surface area (Å²) in [5.74, 6) is -1.24. The summed E-state index contributed by atoms with van der Waals surface area (Å²) in [6.07, 6.45) is 0.244. The lowest BCUT2D eigenvalue weighted by Gasteiger charge is -2.35. The van der Waals surface area contributed by atoms with E-state index in [4.69, 9.17) is 5.26 Å². The number of carbonyl (C=O) groups is 1. The van der Waals surface area contributed by atoms with Gasteiger partial charge in [0, 0.05) is 17.6 Å². The molecule has 0 radical (unpaired) electrons. The van der Waals surface area contributed by atoms with Gasteiger partial charge in [-0.05, 0) is 36.1 Å². The second-order valence-electron chi connectivity index (χ2n) is 5.75. The number of halogens is 1. The molecule has 1 aliphatic heterocycles. The van der Waals surface area contributed by atoms with E-state index in [-0.39, 0.29) is 17.7 Å². The first-order valence-corrected chi connectivity index (χ1v) is 9.93. The number of benzene rings is 1. The third-order valence-electron chi connectivity index (χ3n) is 4.11. The summed E-state index contributed by atoms with van der Waals surface area (Å²) in [6, 6.07) is 7.46. The molecule has 0 bridgehead atoms. The number of hydrogen-bond acceptors (Lipinski definition) is 5. The molecule has 0 spiro atoms. The maximum absolute atomic E-state index is 13.4. The van der Waals surface area contributed by atoms with Crippen LogP contribution in [0.4, 0.5) is 10.1 Å². The highest BCUT2D eigenvalue weighted by Crippen LogP contribution is 2.30. The van der Waals surface area contributed by atoms with Crippen LogP contribution >= 0.6 is 11.3 Å². The molecule has 1 amide bonds. The number of rotatable bonds is 3. The average molecular weight is 394 g/mol. The van der Waals surface area contributed by atoms with Crippen LogP contribution in [-0.4, -0.2) is 31.7 Å². The van der Waals surface area contributed by atoms with E-state index in [1.54, 1.807) is 12.1 Å². The molecule has 0 saturated carbocycles. The molecule has 0 aliphatic carbocycles. The third-order valence-corrected chi connectivity index (χ3v) is 6.69. The van der Waals surface area contributed by atoms with Crippen LogP contribution in [0, 0.1) is 17.1 Å². The van der Waals surface area contributed by atoms with Gasteiger partial charge in [0.25, 0.3) is 10.2 Å². The van der Waals surface area contributed by atoms with Crippen LogP contribution < -0.4 is 10.0 Å². The molecular formula is C16H15FN4O3S2. The van der Waals surface area contributed by atoms with Gasteiger partial charge >= 0.3 is 0 Å². The molecular weight excluding hydrogens is 379 g/mol. The van der Waals surface area contributed by atoms with Crippen LogP contribution in [-0.2, 0) is 15.0 Å². The summed E-state index contributed by atoms with van der Waals surface area (Å²) >= 11 is 1.40. The SMILES string of the molecule is CN1[C@@H](C(=O)Nc2ccc(F)c(C#N)c2)C[C@@H](c2cccs2)NS1(=O)=O. The van der Waals surface area contributed by atoms with Gasteiger partial charge in [0.05, 0.1) is 11.6 Å². The standard InChI is InChI=1S/C16H15FN4O3S2/c1-21-14(8-13(20-26(21,23)24)15-3-2-6-25-15)16(22)19-11-4-5-12(17)10(7-11)9-18/h2-7,13-14,20H,8H2,1H3,(H,19,22)/t13-,14+/m0/s1. The maximum Gasteiger partial charge on any atom is 0.280 e. The van der Waals surface area contributed by atoms with Crippen molar-refractivity contribution in [2.75, 3.05) is 12.4 Å². The van der Waals surface area contributed by atoms with Gasteiger partial charge in [0.1, 0.15) is 17.9 Å². The molecule has 2 N–H and O–H groups in total. The summed E-state index contributed by atoms with van der Waals surface area (Å²) in [5.41, 5.74) is 0.0236. The number of nitrogens with zero attached hydrogens (tertiary/aromatic N) is 2. The van der Waals surface area contributed by atoms with Crippen molar-refractivity contribution in [3.05, 3.63) is 52.0 Å². The molecule has 10 heteroatoms. The van der Waals surface area contributed by atoms with E-state index in [9.17, 15) is 17.6 Å². The normalized spacial score (nSPS) is 22.5. The highest BCUT2D eigenvalue weighted by atomic mass is 32.2. The van der Waals surface area contributed by atoms with Gasteiger partial charge < -0.3 is 5.32 Å². The van der Waals surface area contributed by atoms with Gasteiger partial charge in [-0.15, -0.1) is 11.3 Å². The van der Waals surface area contributed by atoms with Gasteiger partial charge in [-0.25, -0.2) is 4.39 Å². The Morgan fingerprint density at radius 1 is 1.46 bits per heavy atom. The second-order valence-corrected chi connectivity index (χ2v) is 8.50. The highest BCUT2D eigenvalue weighted by Gasteiger charge is 2.40. The zero-order valence-corrected chi connectivity index (χ0v) is 15.3. The van der Waals surface area contributed by atoms with Gasteiger partial charge in [0.2, 0.25) is 5.91 Å². The number of anilines is 1. The van der Waals surface area contributed by atoms with E-state index >= 15 is 0 Å². The Hall–Kier alpha value is -2.32. The summed E-state index contributed by atoms with van der Waals surface area (Å²) in [7, 11) is -2.50. The second kappa shape index (κ2) is 7.13. The lowest BCUT2D eigenvalue weighted by molar-refractivity contribution is -0.120. The molecule has 0 unspecified atom stereocenters. The molecule has 2 atom stereocenters. The van der Waals surface area contributed by atoms with Crippen LogP contribution in [0.25, 0.3) is 0 Å². The number of likely N-dealkylation sites (N-methyl/N-ethyl adjacent to an activating group) is 1. The molecule has 1 saturated heterocycles. The average Bonchev–Trinajstić information content (AvgIpc) is 3.13. The third kappa shape index (κ3) is 3.61. The van der Waals surface area contributed by atoms with Crippen LogP contribution in [0.2, 0.25) is 0 Å². The molecule has 1 aromatic heterocycles. The number of nitrogens with one attached hydrogen (secondary N) is 2. The Morgan fingerprint density at radius 2 is 2.23 bits per heavy atom. The first-order chi connectivity index (χ1) is 12.3. The highest BCUT2D eigenvalue weighted by molar-refractivity contribution is 7.87. The van der Waals surface area contributed by atoms with E-state index in [0.29, 0.717) is 0 Å². The predicted octanol–water partition coefficient (Wildman–Crippen LogP) is 1.98. The summed E-state index contributed by atoms with van der Waals surface area (Å²) in [6.45, 7) is 0. The largest absolute Gasteiger partial charge is 0.325 e. The topological polar surface area (TPSA) is 102 Å². The van der Waals surface area contributed by atoms with Crippen molar-refractivity contribution < 1.29 is 17.6 Å². The van der Waals surface area contributed by atoms with Crippen LogP contribution in [0.3, 0.4) is 0 Å². The van der Waals surface area contributed by atoms with Crippen molar-refractivity contribution >= 4 is 33.1 Å². The van der Waals surface area contributed by atoms with Gasteiger partial charge in [0.15, 0.2) is 0 Å². The lowest BCUT2D eigenvalue weighted by Crippen LogP contribution is -2.55. The minimum atomic E-state index is -3.83. The van der Waals surface area contributed by atoms with Crippen molar-refractivity contribution in [1.82, 2.24) is 9.03 Å². The number of thiophene rings is 1. The Bertz CT molecular complexity index is 970. The Labute approximate surface area is 154 Å². The molecule has 136 valence electrons. The lowest BCUT2D eigenvalue weighted by atomic mass is 10.1. The number of hydrogen-bond donors (Lipinski definition) is 2. The van der Waals surface area contributed by atoms with E-state index in [2.05, 4.69) is 10.0 Å². The molecule has 1 aliphatic rings. The number of amides is 1. The van der Waals surface area contributed by atoms with Crippen molar-refractivity contribution in [2.24, 2.45) is 0 Å². The van der Waals surface area contributed by atoms with E-state index in [1.165, 1.54) is 30.5 Å². The molecule has 26 heavy (non-hydrogen) atoms. The van der Waals surface area contributed by atoms with Crippen LogP contribution in [0.15, 0.2) is 35.7 Å². The van der Waals surface area contributed by atoms with E-state index in [0.717, 1.165) is 15.2 Å². The van der Waals surface area contributed by atoms with Gasteiger partial charge in [-0.1, -0.05) is 6.07 Å². The quantitative estimate of drug-likeness (QED) is 0.831. The molecule has 7 nitrogen and oxygen atoms in total. The zero-order valence-electron chi connectivity index (χ0n) is 13.6. The molecule has 3 rings (SSSR count). The van der Waals surface area contributed by atoms with Crippen molar-refractivity contribution in [3.8, 4) is 6.07 Å². The fourth-order valence-electron chi connectivity index (χ4n) is 2.70. The summed E-state index contributed by atoms with van der Waals surface area (Å²) in [4.78, 5) is 13.5. The van der Waals surface area contributed by atoms with Crippen LogP contribution in [0.5, 0.6) is 0 Å². The van der Waals surface area contributed by atoms with Crippen molar-refractivity contribution in [1.29, 1.82) is 5.26 Å². The Balaban J connectivity index is 1.84. The first-order valence-electron chi connectivity index (χ1n) is 7.61. The van der Waals surface area contributed by atoms with Crippen molar-refractivity contribution in [2.45, 2.75) is 18.5 Å². The maximum atomic E-state index is 13.4.